The van der Waals surface area contributed by atoms with Crippen LogP contribution in [-0.2, 0) is 26.9 Å². The van der Waals surface area contributed by atoms with E-state index in [1.807, 2.05) is 18.2 Å². The Kier molecular flexibility index (Phi) is 8.89. The van der Waals surface area contributed by atoms with Crippen LogP contribution in [-0.4, -0.2) is 33.7 Å². The number of benzene rings is 1. The average Bonchev–Trinajstić information content (AvgIpc) is 2.52. The van der Waals surface area contributed by atoms with Gasteiger partial charge in [0.25, 0.3) is 0 Å². The van der Waals surface area contributed by atoms with E-state index in [1.165, 1.54) is 19.1 Å². The molecule has 0 spiro atoms. The van der Waals surface area contributed by atoms with Gasteiger partial charge in [0.2, 0.25) is 5.91 Å². The van der Waals surface area contributed by atoms with Crippen LogP contribution in [0.25, 0.3) is 0 Å². The summed E-state index contributed by atoms with van der Waals surface area (Å²) in [5.41, 5.74) is 1.68. The molecule has 2 N–H and O–H groups in total. The molecule has 1 aromatic rings. The first-order valence-corrected chi connectivity index (χ1v) is 10.6. The molecule has 2 rings (SSSR count). The van der Waals surface area contributed by atoms with Crippen LogP contribution < -0.4 is 10.6 Å². The van der Waals surface area contributed by atoms with Gasteiger partial charge in [0.15, 0.2) is 9.84 Å². The Morgan fingerprint density at radius 2 is 2.08 bits per heavy atom. The fourth-order valence-corrected chi connectivity index (χ4v) is 4.01. The Labute approximate surface area is 157 Å². The molecule has 1 aliphatic rings. The van der Waals surface area contributed by atoms with Gasteiger partial charge >= 0.3 is 0 Å². The van der Waals surface area contributed by atoms with Gasteiger partial charge in [0.1, 0.15) is 0 Å². The summed E-state index contributed by atoms with van der Waals surface area (Å²) in [6.07, 6.45) is 4.14. The maximum Gasteiger partial charge on any atom is 0.220 e. The van der Waals surface area contributed by atoms with Gasteiger partial charge in [0.05, 0.1) is 5.75 Å². The summed E-state index contributed by atoms with van der Waals surface area (Å²) in [6.45, 7) is 4.66. The van der Waals surface area contributed by atoms with Crippen LogP contribution in [0.5, 0.6) is 0 Å². The van der Waals surface area contributed by atoms with E-state index in [-0.39, 0.29) is 24.1 Å². The third-order valence-corrected chi connectivity index (χ3v) is 5.41. The van der Waals surface area contributed by atoms with Crippen molar-refractivity contribution in [3.8, 4) is 0 Å². The smallest absolute Gasteiger partial charge is 0.220 e. The monoisotopic (exact) mass is 388 g/mol. The predicted molar refractivity (Wildman–Crippen MR) is 103 cm³/mol. The summed E-state index contributed by atoms with van der Waals surface area (Å²) < 4.78 is 22.7. The maximum absolute atomic E-state index is 12.2. The molecule has 5 nitrogen and oxygen atoms in total. The molecule has 2 unspecified atom stereocenters. The van der Waals surface area contributed by atoms with E-state index in [1.54, 1.807) is 6.07 Å². The fraction of sp³-hybridized carbons (Fsp3) is 0.611. The molecule has 1 fully saturated rings. The van der Waals surface area contributed by atoms with E-state index in [9.17, 15) is 13.2 Å². The zero-order valence-corrected chi connectivity index (χ0v) is 16.6. The highest BCUT2D eigenvalue weighted by Gasteiger charge is 2.21. The lowest BCUT2D eigenvalue weighted by molar-refractivity contribution is -0.122. The Hall–Kier alpha value is -1.11. The fourth-order valence-electron chi connectivity index (χ4n) is 3.23. The Morgan fingerprint density at radius 3 is 2.72 bits per heavy atom. The van der Waals surface area contributed by atoms with Gasteiger partial charge in [-0.2, -0.15) is 0 Å². The van der Waals surface area contributed by atoms with Crippen molar-refractivity contribution in [1.82, 2.24) is 10.6 Å². The van der Waals surface area contributed by atoms with E-state index in [0.717, 1.165) is 24.2 Å². The summed E-state index contributed by atoms with van der Waals surface area (Å²) in [7, 11) is -3.05. The molecular weight excluding hydrogens is 360 g/mol. The second-order valence-corrected chi connectivity index (χ2v) is 9.09. The van der Waals surface area contributed by atoms with E-state index in [4.69, 9.17) is 0 Å². The highest BCUT2D eigenvalue weighted by atomic mass is 35.5. The lowest BCUT2D eigenvalue weighted by Crippen LogP contribution is -2.35. The van der Waals surface area contributed by atoms with Crippen LogP contribution in [0.15, 0.2) is 24.3 Å². The highest BCUT2D eigenvalue weighted by molar-refractivity contribution is 7.89. The lowest BCUT2D eigenvalue weighted by atomic mass is 9.85. The standard InChI is InChI=1S/C18H28N2O3S.ClH/c1-14(17-7-4-8-19-12-17)9-18(21)20-11-15-5-3-6-16(10-15)13-24(2,22)23;/h3,5-6,10,14,17,19H,4,7-9,11-13H2,1-2H3,(H,20,21);1H. The summed E-state index contributed by atoms with van der Waals surface area (Å²) in [5.74, 6) is 1.03. The molecule has 0 aliphatic carbocycles. The highest BCUT2D eigenvalue weighted by Crippen LogP contribution is 2.22. The number of sulfone groups is 1. The zero-order chi connectivity index (χ0) is 17.6. The summed E-state index contributed by atoms with van der Waals surface area (Å²) in [5, 5.41) is 6.34. The van der Waals surface area contributed by atoms with Crippen LogP contribution in [0, 0.1) is 11.8 Å². The maximum atomic E-state index is 12.2. The number of piperidine rings is 1. The molecule has 142 valence electrons. The second kappa shape index (κ2) is 10.1. The Bertz CT molecular complexity index is 658. The number of halogens is 1. The Morgan fingerprint density at radius 1 is 1.36 bits per heavy atom. The normalized spacial score (nSPS) is 18.9. The van der Waals surface area contributed by atoms with Gasteiger partial charge in [-0.1, -0.05) is 31.2 Å². The van der Waals surface area contributed by atoms with Crippen molar-refractivity contribution in [3.05, 3.63) is 35.4 Å². The van der Waals surface area contributed by atoms with Gasteiger partial charge in [0, 0.05) is 19.2 Å². The van der Waals surface area contributed by atoms with Gasteiger partial charge in [-0.25, -0.2) is 8.42 Å². The molecule has 0 radical (unpaired) electrons. The number of hydrogen-bond donors (Lipinski definition) is 2. The van der Waals surface area contributed by atoms with Crippen LogP contribution in [0.2, 0.25) is 0 Å². The third-order valence-electron chi connectivity index (χ3n) is 4.56. The van der Waals surface area contributed by atoms with Crippen molar-refractivity contribution in [2.24, 2.45) is 11.8 Å². The molecule has 1 heterocycles. The van der Waals surface area contributed by atoms with Crippen molar-refractivity contribution >= 4 is 28.2 Å². The summed E-state index contributed by atoms with van der Waals surface area (Å²) in [6, 6.07) is 7.37. The zero-order valence-electron chi connectivity index (χ0n) is 15.0. The van der Waals surface area contributed by atoms with Crippen molar-refractivity contribution < 1.29 is 13.2 Å². The van der Waals surface area contributed by atoms with Crippen molar-refractivity contribution in [2.45, 2.75) is 38.5 Å². The van der Waals surface area contributed by atoms with Crippen molar-refractivity contribution in [2.75, 3.05) is 19.3 Å². The van der Waals surface area contributed by atoms with Crippen LogP contribution >= 0.6 is 12.4 Å². The molecule has 2 atom stereocenters. The number of rotatable bonds is 7. The average molecular weight is 389 g/mol. The van der Waals surface area contributed by atoms with Gasteiger partial charge < -0.3 is 10.6 Å². The van der Waals surface area contributed by atoms with Crippen molar-refractivity contribution in [1.29, 1.82) is 0 Å². The molecular formula is C18H29ClN2O3S. The van der Waals surface area contributed by atoms with E-state index < -0.39 is 9.84 Å². The lowest BCUT2D eigenvalue weighted by Gasteiger charge is -2.28. The first kappa shape index (κ1) is 21.9. The van der Waals surface area contributed by atoms with Gasteiger partial charge in [-0.05, 0) is 48.9 Å². The molecule has 7 heteroatoms. The van der Waals surface area contributed by atoms with Crippen LogP contribution in [0.1, 0.15) is 37.3 Å². The van der Waals surface area contributed by atoms with Crippen LogP contribution in [0.3, 0.4) is 0 Å². The number of hydrogen-bond acceptors (Lipinski definition) is 4. The predicted octanol–water partition coefficient (Wildman–Crippen LogP) is 2.30. The van der Waals surface area contributed by atoms with E-state index in [0.29, 0.717) is 24.8 Å². The molecule has 0 aromatic heterocycles. The van der Waals surface area contributed by atoms with Crippen molar-refractivity contribution in [3.63, 3.8) is 0 Å². The summed E-state index contributed by atoms with van der Waals surface area (Å²) in [4.78, 5) is 12.2. The minimum Gasteiger partial charge on any atom is -0.352 e. The molecule has 25 heavy (non-hydrogen) atoms. The molecule has 0 saturated carbocycles. The Balaban J connectivity index is 0.00000312. The first-order valence-electron chi connectivity index (χ1n) is 8.56. The minimum atomic E-state index is -3.05. The van der Waals surface area contributed by atoms with E-state index in [2.05, 4.69) is 17.6 Å². The molecule has 1 aromatic carbocycles. The first-order chi connectivity index (χ1) is 11.3. The molecule has 1 amide bonds. The van der Waals surface area contributed by atoms with Gasteiger partial charge in [-0.15, -0.1) is 12.4 Å². The number of carbonyl (C=O) groups is 1. The molecule has 0 bridgehead atoms. The number of carbonyl (C=O) groups excluding carboxylic acids is 1. The SMILES string of the molecule is CC(CC(=O)NCc1cccc(CS(C)(=O)=O)c1)C1CCCNC1.Cl. The van der Waals surface area contributed by atoms with E-state index >= 15 is 0 Å². The quantitative estimate of drug-likeness (QED) is 0.751. The second-order valence-electron chi connectivity index (χ2n) is 6.95. The third kappa shape index (κ3) is 8.21. The summed E-state index contributed by atoms with van der Waals surface area (Å²) >= 11 is 0. The number of nitrogens with one attached hydrogen (secondary N) is 2. The molecule has 1 saturated heterocycles. The van der Waals surface area contributed by atoms with Crippen LogP contribution in [0.4, 0.5) is 0 Å². The number of amides is 1. The largest absolute Gasteiger partial charge is 0.352 e. The van der Waals surface area contributed by atoms with Gasteiger partial charge in [-0.3, -0.25) is 4.79 Å². The topological polar surface area (TPSA) is 75.3 Å². The minimum absolute atomic E-state index is 0. The molecule has 1 aliphatic heterocycles.